The largest absolute Gasteiger partial charge is 0.348 e. The minimum absolute atomic E-state index is 0.122. The first-order valence-electron chi connectivity index (χ1n) is 8.41. The summed E-state index contributed by atoms with van der Waals surface area (Å²) in [6.45, 7) is 5.04. The first-order valence-corrected chi connectivity index (χ1v) is 8.41. The van der Waals surface area contributed by atoms with E-state index in [1.54, 1.807) is 0 Å². The van der Waals surface area contributed by atoms with Crippen LogP contribution in [0.3, 0.4) is 0 Å². The number of amides is 2. The van der Waals surface area contributed by atoms with E-state index in [9.17, 15) is 9.59 Å². The van der Waals surface area contributed by atoms with Crippen molar-refractivity contribution in [3.8, 4) is 0 Å². The van der Waals surface area contributed by atoms with Gasteiger partial charge in [-0.25, -0.2) is 0 Å². The molecule has 2 aliphatic rings. The highest BCUT2D eigenvalue weighted by Crippen LogP contribution is 2.21. The van der Waals surface area contributed by atoms with Gasteiger partial charge in [0.25, 0.3) is 5.91 Å². The third-order valence-electron chi connectivity index (χ3n) is 4.86. The highest BCUT2D eigenvalue weighted by atomic mass is 16.2. The molecule has 0 radical (unpaired) electrons. The van der Waals surface area contributed by atoms with E-state index in [2.05, 4.69) is 27.5 Å². The van der Waals surface area contributed by atoms with E-state index in [-0.39, 0.29) is 17.9 Å². The maximum atomic E-state index is 12.6. The Labute approximate surface area is 136 Å². The fraction of sp³-hybridized carbons (Fsp3) is 0.688. The third kappa shape index (κ3) is 3.39. The number of fused-ring (bicyclic) bond motifs is 1. The van der Waals surface area contributed by atoms with E-state index in [0.29, 0.717) is 25.2 Å². The molecule has 3 rings (SSSR count). The molecule has 0 atom stereocenters. The number of hydrogen-bond acceptors (Lipinski definition) is 4. The molecule has 126 valence electrons. The number of nitrogens with one attached hydrogen (secondary N) is 2. The fourth-order valence-electron chi connectivity index (χ4n) is 3.33. The summed E-state index contributed by atoms with van der Waals surface area (Å²) in [6.07, 6.45) is 3.16. The molecule has 1 saturated heterocycles. The van der Waals surface area contributed by atoms with Gasteiger partial charge >= 0.3 is 0 Å². The lowest BCUT2D eigenvalue weighted by Gasteiger charge is -2.29. The zero-order chi connectivity index (χ0) is 16.4. The Morgan fingerprint density at radius 1 is 1.30 bits per heavy atom. The molecule has 2 aliphatic heterocycles. The maximum absolute atomic E-state index is 12.6. The van der Waals surface area contributed by atoms with Crippen molar-refractivity contribution in [2.45, 2.75) is 45.2 Å². The Kier molecular flexibility index (Phi) is 4.66. The molecule has 1 aromatic heterocycles. The SMILES string of the molecule is CCC(=O)N1CCc2[nH]nc(C(=O)NC3CCN(C)CC3)c2C1. The molecule has 23 heavy (non-hydrogen) atoms. The minimum atomic E-state index is -0.122. The van der Waals surface area contributed by atoms with Gasteiger partial charge in [0, 0.05) is 43.2 Å². The fourth-order valence-corrected chi connectivity index (χ4v) is 3.33. The van der Waals surface area contributed by atoms with Gasteiger partial charge in [0.05, 0.1) is 0 Å². The maximum Gasteiger partial charge on any atom is 0.272 e. The van der Waals surface area contributed by atoms with Crippen molar-refractivity contribution < 1.29 is 9.59 Å². The first kappa shape index (κ1) is 16.0. The van der Waals surface area contributed by atoms with Crippen molar-refractivity contribution in [1.29, 1.82) is 0 Å². The molecule has 1 fully saturated rings. The number of carbonyl (C=O) groups is 2. The van der Waals surface area contributed by atoms with Crippen LogP contribution in [0.4, 0.5) is 0 Å². The van der Waals surface area contributed by atoms with Gasteiger partial charge in [0.1, 0.15) is 0 Å². The molecular weight excluding hydrogens is 294 g/mol. The molecule has 0 bridgehead atoms. The van der Waals surface area contributed by atoms with Crippen molar-refractivity contribution in [1.82, 2.24) is 25.3 Å². The van der Waals surface area contributed by atoms with Crippen molar-refractivity contribution in [3.05, 3.63) is 17.0 Å². The molecule has 0 aromatic carbocycles. The number of H-pyrrole nitrogens is 1. The monoisotopic (exact) mass is 319 g/mol. The van der Waals surface area contributed by atoms with E-state index < -0.39 is 0 Å². The summed E-state index contributed by atoms with van der Waals surface area (Å²) in [6, 6.07) is 0.211. The van der Waals surface area contributed by atoms with Crippen LogP contribution < -0.4 is 5.32 Å². The highest BCUT2D eigenvalue weighted by molar-refractivity contribution is 5.94. The summed E-state index contributed by atoms with van der Waals surface area (Å²) in [4.78, 5) is 28.6. The second-order valence-corrected chi connectivity index (χ2v) is 6.50. The number of aromatic nitrogens is 2. The normalized spacial score (nSPS) is 19.5. The van der Waals surface area contributed by atoms with Gasteiger partial charge in [0.15, 0.2) is 5.69 Å². The van der Waals surface area contributed by atoms with E-state index in [1.807, 2.05) is 11.8 Å². The number of hydrogen-bond donors (Lipinski definition) is 2. The van der Waals surface area contributed by atoms with Crippen molar-refractivity contribution in [2.75, 3.05) is 26.7 Å². The van der Waals surface area contributed by atoms with Crippen molar-refractivity contribution in [2.24, 2.45) is 0 Å². The van der Waals surface area contributed by atoms with Crippen molar-refractivity contribution >= 4 is 11.8 Å². The lowest BCUT2D eigenvalue weighted by atomic mass is 10.0. The minimum Gasteiger partial charge on any atom is -0.348 e. The van der Waals surface area contributed by atoms with E-state index in [4.69, 9.17) is 0 Å². The number of nitrogens with zero attached hydrogens (tertiary/aromatic N) is 3. The van der Waals surface area contributed by atoms with Crippen LogP contribution in [0.25, 0.3) is 0 Å². The van der Waals surface area contributed by atoms with Gasteiger partial charge in [-0.15, -0.1) is 0 Å². The lowest BCUT2D eigenvalue weighted by molar-refractivity contribution is -0.131. The number of rotatable bonds is 3. The third-order valence-corrected chi connectivity index (χ3v) is 4.86. The highest BCUT2D eigenvalue weighted by Gasteiger charge is 2.28. The average molecular weight is 319 g/mol. The molecule has 2 amide bonds. The Bertz CT molecular complexity index is 589. The lowest BCUT2D eigenvalue weighted by Crippen LogP contribution is -2.44. The van der Waals surface area contributed by atoms with Crippen LogP contribution in [0.5, 0.6) is 0 Å². The van der Waals surface area contributed by atoms with Crippen molar-refractivity contribution in [3.63, 3.8) is 0 Å². The Morgan fingerprint density at radius 2 is 2.04 bits per heavy atom. The zero-order valence-electron chi connectivity index (χ0n) is 13.9. The standard InChI is InChI=1S/C16H25N5O2/c1-3-14(22)21-9-6-13-12(10-21)15(19-18-13)16(23)17-11-4-7-20(2)8-5-11/h11H,3-10H2,1-2H3,(H,17,23)(H,18,19). The Hall–Kier alpha value is -1.89. The summed E-state index contributed by atoms with van der Waals surface area (Å²) < 4.78 is 0. The van der Waals surface area contributed by atoms with Crippen LogP contribution in [0.2, 0.25) is 0 Å². The summed E-state index contributed by atoms with van der Waals surface area (Å²) >= 11 is 0. The van der Waals surface area contributed by atoms with Crippen LogP contribution in [0, 0.1) is 0 Å². The second-order valence-electron chi connectivity index (χ2n) is 6.50. The quantitative estimate of drug-likeness (QED) is 0.851. The predicted octanol–water partition coefficient (Wildman–Crippen LogP) is 0.528. The van der Waals surface area contributed by atoms with Crippen LogP contribution in [0.1, 0.15) is 47.9 Å². The molecule has 3 heterocycles. The topological polar surface area (TPSA) is 81.3 Å². The van der Waals surface area contributed by atoms with E-state index in [0.717, 1.165) is 43.6 Å². The van der Waals surface area contributed by atoms with Crippen LogP contribution in [-0.4, -0.2) is 64.5 Å². The number of piperidine rings is 1. The Balaban J connectivity index is 1.68. The molecule has 0 saturated carbocycles. The molecule has 7 heteroatoms. The van der Waals surface area contributed by atoms with E-state index in [1.165, 1.54) is 0 Å². The second kappa shape index (κ2) is 6.70. The number of likely N-dealkylation sites (tertiary alicyclic amines) is 1. The molecular formula is C16H25N5O2. The number of carbonyl (C=O) groups excluding carboxylic acids is 2. The molecule has 0 aliphatic carbocycles. The van der Waals surface area contributed by atoms with Gasteiger partial charge in [0.2, 0.25) is 5.91 Å². The van der Waals surface area contributed by atoms with Crippen LogP contribution >= 0.6 is 0 Å². The summed E-state index contributed by atoms with van der Waals surface area (Å²) in [5, 5.41) is 10.3. The van der Waals surface area contributed by atoms with Gasteiger partial charge in [-0.1, -0.05) is 6.92 Å². The average Bonchev–Trinajstić information content (AvgIpc) is 2.99. The van der Waals surface area contributed by atoms with Gasteiger partial charge < -0.3 is 15.1 Å². The molecule has 1 aromatic rings. The molecule has 0 spiro atoms. The van der Waals surface area contributed by atoms with Gasteiger partial charge in [-0.05, 0) is 33.0 Å². The van der Waals surface area contributed by atoms with Crippen LogP contribution in [0.15, 0.2) is 0 Å². The summed E-state index contributed by atoms with van der Waals surface area (Å²) in [5.41, 5.74) is 2.31. The Morgan fingerprint density at radius 3 is 2.74 bits per heavy atom. The zero-order valence-corrected chi connectivity index (χ0v) is 13.9. The number of aromatic amines is 1. The van der Waals surface area contributed by atoms with Crippen LogP contribution in [-0.2, 0) is 17.8 Å². The van der Waals surface area contributed by atoms with Gasteiger partial charge in [-0.3, -0.25) is 14.7 Å². The van der Waals surface area contributed by atoms with E-state index >= 15 is 0 Å². The van der Waals surface area contributed by atoms with Gasteiger partial charge in [-0.2, -0.15) is 5.10 Å². The molecule has 0 unspecified atom stereocenters. The molecule has 2 N–H and O–H groups in total. The first-order chi connectivity index (χ1) is 11.1. The summed E-state index contributed by atoms with van der Waals surface area (Å²) in [5.74, 6) is 0.00127. The summed E-state index contributed by atoms with van der Waals surface area (Å²) in [7, 11) is 2.10. The predicted molar refractivity (Wildman–Crippen MR) is 86.0 cm³/mol. The molecule has 7 nitrogen and oxygen atoms in total. The smallest absolute Gasteiger partial charge is 0.272 e.